The van der Waals surface area contributed by atoms with Crippen molar-refractivity contribution in [1.82, 2.24) is 14.9 Å². The zero-order chi connectivity index (χ0) is 19.1. The molecule has 4 heterocycles. The number of rotatable bonds is 5. The highest BCUT2D eigenvalue weighted by molar-refractivity contribution is 7.99. The number of hydrogen-bond donors (Lipinski definition) is 1. The van der Waals surface area contributed by atoms with Crippen LogP contribution in [-0.4, -0.2) is 33.1 Å². The van der Waals surface area contributed by atoms with Gasteiger partial charge >= 0.3 is 0 Å². The summed E-state index contributed by atoms with van der Waals surface area (Å²) in [6, 6.07) is 4.40. The summed E-state index contributed by atoms with van der Waals surface area (Å²) in [4.78, 5) is 38.3. The zero-order valence-electron chi connectivity index (χ0n) is 15.4. The lowest BCUT2D eigenvalue weighted by molar-refractivity contribution is -0.129. The SMILES string of the molecule is O=C(CSCc1nc2sc3c(c2c(=O)[nH]1)CCC3)N1CCCC1c1cccs1. The number of aryl methyl sites for hydroxylation is 2. The maximum Gasteiger partial charge on any atom is 0.259 e. The second-order valence-electron chi connectivity index (χ2n) is 7.30. The third kappa shape index (κ3) is 3.31. The number of hydrogen-bond acceptors (Lipinski definition) is 6. The summed E-state index contributed by atoms with van der Waals surface area (Å²) in [5.74, 6) is 1.83. The highest BCUT2D eigenvalue weighted by Gasteiger charge is 2.30. The molecule has 1 aliphatic heterocycles. The number of aromatic nitrogens is 2. The fraction of sp³-hybridized carbons (Fsp3) is 0.450. The third-order valence-corrected chi connectivity index (χ3v) is 8.62. The first-order valence-corrected chi connectivity index (χ1v) is 12.5. The van der Waals surface area contributed by atoms with Crippen LogP contribution in [0.5, 0.6) is 0 Å². The van der Waals surface area contributed by atoms with E-state index in [0.29, 0.717) is 17.3 Å². The van der Waals surface area contributed by atoms with Gasteiger partial charge in [-0.25, -0.2) is 4.98 Å². The van der Waals surface area contributed by atoms with Crippen molar-refractivity contribution in [2.75, 3.05) is 12.3 Å². The lowest BCUT2D eigenvalue weighted by Crippen LogP contribution is -2.31. The number of thioether (sulfide) groups is 1. The number of carbonyl (C=O) groups excluding carboxylic acids is 1. The van der Waals surface area contributed by atoms with Crippen LogP contribution in [0.15, 0.2) is 22.3 Å². The topological polar surface area (TPSA) is 66.1 Å². The van der Waals surface area contributed by atoms with Crippen molar-refractivity contribution >= 4 is 50.6 Å². The van der Waals surface area contributed by atoms with Crippen LogP contribution >= 0.6 is 34.4 Å². The molecule has 1 fully saturated rings. The monoisotopic (exact) mass is 431 g/mol. The second kappa shape index (κ2) is 7.65. The number of thiophene rings is 2. The van der Waals surface area contributed by atoms with Gasteiger partial charge in [-0.2, -0.15) is 0 Å². The van der Waals surface area contributed by atoms with Crippen LogP contribution < -0.4 is 5.56 Å². The van der Waals surface area contributed by atoms with Gasteiger partial charge in [0.2, 0.25) is 5.91 Å². The maximum atomic E-state index is 12.7. The quantitative estimate of drug-likeness (QED) is 0.660. The summed E-state index contributed by atoms with van der Waals surface area (Å²) in [7, 11) is 0. The molecule has 1 unspecified atom stereocenters. The van der Waals surface area contributed by atoms with Crippen LogP contribution in [0.3, 0.4) is 0 Å². The number of H-pyrrole nitrogens is 1. The Kier molecular flexibility index (Phi) is 5.02. The van der Waals surface area contributed by atoms with Gasteiger partial charge < -0.3 is 9.88 Å². The number of aromatic amines is 1. The van der Waals surface area contributed by atoms with Gasteiger partial charge in [-0.3, -0.25) is 9.59 Å². The number of fused-ring (bicyclic) bond motifs is 3. The molecule has 0 radical (unpaired) electrons. The minimum Gasteiger partial charge on any atom is -0.334 e. The Bertz CT molecular complexity index is 1070. The summed E-state index contributed by atoms with van der Waals surface area (Å²) >= 11 is 4.92. The summed E-state index contributed by atoms with van der Waals surface area (Å²) in [6.45, 7) is 0.837. The van der Waals surface area contributed by atoms with Crippen molar-refractivity contribution in [3.63, 3.8) is 0 Å². The van der Waals surface area contributed by atoms with Gasteiger partial charge in [0.25, 0.3) is 5.56 Å². The standard InChI is InChI=1S/C20H21N3O2S3/c24-17(23-8-2-5-13(23)15-7-3-9-27-15)11-26-10-16-21-19(25)18-12-4-1-6-14(12)28-20(18)22-16/h3,7,9,13H,1-2,4-6,8,10-11H2,(H,21,22,25). The normalized spacial score (nSPS) is 18.9. The van der Waals surface area contributed by atoms with Gasteiger partial charge in [0.1, 0.15) is 10.7 Å². The Morgan fingerprint density at radius 3 is 3.14 bits per heavy atom. The van der Waals surface area contributed by atoms with E-state index in [1.165, 1.54) is 27.1 Å². The van der Waals surface area contributed by atoms with E-state index in [-0.39, 0.29) is 17.5 Å². The van der Waals surface area contributed by atoms with Crippen molar-refractivity contribution in [1.29, 1.82) is 0 Å². The molecule has 0 aromatic carbocycles. The predicted molar refractivity (Wildman–Crippen MR) is 116 cm³/mol. The Morgan fingerprint density at radius 1 is 1.36 bits per heavy atom. The molecule has 2 aliphatic rings. The van der Waals surface area contributed by atoms with Crippen molar-refractivity contribution in [3.8, 4) is 0 Å². The van der Waals surface area contributed by atoms with Crippen LogP contribution in [0, 0.1) is 0 Å². The average molecular weight is 432 g/mol. The fourth-order valence-corrected chi connectivity index (χ4v) is 7.20. The Labute approximate surface area is 175 Å². The van der Waals surface area contributed by atoms with Crippen LogP contribution in [0.25, 0.3) is 10.2 Å². The average Bonchev–Trinajstić information content (AvgIpc) is 3.43. The van der Waals surface area contributed by atoms with E-state index in [2.05, 4.69) is 21.4 Å². The third-order valence-electron chi connectivity index (χ3n) is 5.53. The largest absolute Gasteiger partial charge is 0.334 e. The molecule has 1 aliphatic carbocycles. The van der Waals surface area contributed by atoms with Gasteiger partial charge in [0, 0.05) is 16.3 Å². The Hall–Kier alpha value is -1.64. The zero-order valence-corrected chi connectivity index (χ0v) is 17.9. The lowest BCUT2D eigenvalue weighted by atomic mass is 10.2. The van der Waals surface area contributed by atoms with E-state index < -0.39 is 0 Å². The predicted octanol–water partition coefficient (Wildman–Crippen LogP) is 4.13. The van der Waals surface area contributed by atoms with Crippen LogP contribution in [0.1, 0.15) is 46.4 Å². The lowest BCUT2D eigenvalue weighted by Gasteiger charge is -2.23. The molecule has 5 rings (SSSR count). The summed E-state index contributed by atoms with van der Waals surface area (Å²) in [5, 5.41) is 2.86. The number of carbonyl (C=O) groups is 1. The molecular formula is C20H21N3O2S3. The molecule has 28 heavy (non-hydrogen) atoms. The molecule has 0 bridgehead atoms. The molecule has 0 spiro atoms. The second-order valence-corrected chi connectivity index (χ2v) is 10.4. The molecule has 5 nitrogen and oxygen atoms in total. The molecule has 8 heteroatoms. The van der Waals surface area contributed by atoms with Gasteiger partial charge in [0.15, 0.2) is 0 Å². The summed E-state index contributed by atoms with van der Waals surface area (Å²) < 4.78 is 0. The van der Waals surface area contributed by atoms with Crippen LogP contribution in [-0.2, 0) is 23.4 Å². The van der Waals surface area contributed by atoms with Crippen molar-refractivity contribution in [2.24, 2.45) is 0 Å². The van der Waals surface area contributed by atoms with Crippen molar-refractivity contribution in [2.45, 2.75) is 43.9 Å². The number of nitrogens with zero attached hydrogens (tertiary/aromatic N) is 2. The van der Waals surface area contributed by atoms with E-state index >= 15 is 0 Å². The van der Waals surface area contributed by atoms with E-state index in [1.807, 2.05) is 11.0 Å². The molecule has 3 aromatic heterocycles. The molecule has 1 N–H and O–H groups in total. The number of likely N-dealkylation sites (tertiary alicyclic amines) is 1. The number of nitrogens with one attached hydrogen (secondary N) is 1. The first-order valence-electron chi connectivity index (χ1n) is 9.65. The first kappa shape index (κ1) is 18.4. The summed E-state index contributed by atoms with van der Waals surface area (Å²) in [6.07, 6.45) is 5.30. The maximum absolute atomic E-state index is 12.7. The van der Waals surface area contributed by atoms with E-state index in [1.54, 1.807) is 22.7 Å². The van der Waals surface area contributed by atoms with Gasteiger partial charge in [-0.1, -0.05) is 6.07 Å². The fourth-order valence-electron chi connectivity index (χ4n) is 4.28. The van der Waals surface area contributed by atoms with Gasteiger partial charge in [0.05, 0.1) is 22.9 Å². The molecule has 1 saturated heterocycles. The van der Waals surface area contributed by atoms with Crippen LogP contribution in [0.4, 0.5) is 0 Å². The molecule has 0 saturated carbocycles. The van der Waals surface area contributed by atoms with E-state index in [4.69, 9.17) is 0 Å². The molecule has 146 valence electrons. The summed E-state index contributed by atoms with van der Waals surface area (Å²) in [5.41, 5.74) is 1.18. The van der Waals surface area contributed by atoms with Crippen molar-refractivity contribution < 1.29 is 4.79 Å². The van der Waals surface area contributed by atoms with E-state index in [9.17, 15) is 9.59 Å². The van der Waals surface area contributed by atoms with Gasteiger partial charge in [-0.05, 0) is 49.1 Å². The Balaban J connectivity index is 1.24. The molecule has 1 atom stereocenters. The number of amides is 1. The Morgan fingerprint density at radius 2 is 2.29 bits per heavy atom. The highest BCUT2D eigenvalue weighted by atomic mass is 32.2. The van der Waals surface area contributed by atoms with Crippen LogP contribution in [0.2, 0.25) is 0 Å². The first-order chi connectivity index (χ1) is 13.7. The minimum absolute atomic E-state index is 0.0244. The van der Waals surface area contributed by atoms with Gasteiger partial charge in [-0.15, -0.1) is 34.4 Å². The molecular weight excluding hydrogens is 410 g/mol. The van der Waals surface area contributed by atoms with E-state index in [0.717, 1.165) is 48.9 Å². The smallest absolute Gasteiger partial charge is 0.259 e. The van der Waals surface area contributed by atoms with Crippen molar-refractivity contribution in [3.05, 3.63) is 49.0 Å². The molecule has 3 aromatic rings. The minimum atomic E-state index is -0.0244. The highest BCUT2D eigenvalue weighted by Crippen LogP contribution is 2.36. The molecule has 1 amide bonds.